The Balaban J connectivity index is 1.68. The van der Waals surface area contributed by atoms with Crippen LogP contribution in [0, 0.1) is 5.92 Å². The molecule has 22 heavy (non-hydrogen) atoms. The van der Waals surface area contributed by atoms with Crippen LogP contribution in [0.5, 0.6) is 0 Å². The summed E-state index contributed by atoms with van der Waals surface area (Å²) < 4.78 is 1.58. The van der Waals surface area contributed by atoms with Crippen molar-refractivity contribution in [1.29, 1.82) is 0 Å². The number of carbonyl (C=O) groups is 2. The van der Waals surface area contributed by atoms with Gasteiger partial charge in [0.2, 0.25) is 0 Å². The van der Waals surface area contributed by atoms with Crippen LogP contribution in [0.3, 0.4) is 0 Å². The molecular weight excluding hydrogens is 284 g/mol. The lowest BCUT2D eigenvalue weighted by atomic mass is 10.1. The summed E-state index contributed by atoms with van der Waals surface area (Å²) in [6.07, 6.45) is 5.07. The number of aliphatic carboxylic acids is 1. The van der Waals surface area contributed by atoms with Gasteiger partial charge in [0.15, 0.2) is 0 Å². The second kappa shape index (κ2) is 5.97. The van der Waals surface area contributed by atoms with Gasteiger partial charge in [-0.2, -0.15) is 0 Å². The SMILES string of the molecule is O=C(N[C@@H]1CC[C@H](C(=O)O)C1)c1cccc(-n2ccnn2)c1. The lowest BCUT2D eigenvalue weighted by molar-refractivity contribution is -0.141. The summed E-state index contributed by atoms with van der Waals surface area (Å²) in [5, 5.41) is 19.5. The fraction of sp³-hybridized carbons (Fsp3) is 0.333. The van der Waals surface area contributed by atoms with Crippen molar-refractivity contribution < 1.29 is 14.7 Å². The van der Waals surface area contributed by atoms with Gasteiger partial charge in [0.1, 0.15) is 0 Å². The van der Waals surface area contributed by atoms with Crippen molar-refractivity contribution in [2.45, 2.75) is 25.3 Å². The van der Waals surface area contributed by atoms with Gasteiger partial charge in [-0.15, -0.1) is 5.10 Å². The van der Waals surface area contributed by atoms with Crippen LogP contribution in [0.15, 0.2) is 36.7 Å². The topological polar surface area (TPSA) is 97.1 Å². The number of carboxylic acids is 1. The van der Waals surface area contributed by atoms with Crippen molar-refractivity contribution in [3.8, 4) is 5.69 Å². The van der Waals surface area contributed by atoms with Gasteiger partial charge < -0.3 is 10.4 Å². The van der Waals surface area contributed by atoms with Gasteiger partial charge in [-0.05, 0) is 37.5 Å². The highest BCUT2D eigenvalue weighted by Crippen LogP contribution is 2.26. The zero-order chi connectivity index (χ0) is 15.5. The number of amides is 1. The third-order valence-electron chi connectivity index (χ3n) is 3.91. The Hall–Kier alpha value is -2.70. The fourth-order valence-electron chi connectivity index (χ4n) is 2.74. The highest BCUT2D eigenvalue weighted by Gasteiger charge is 2.30. The molecule has 2 atom stereocenters. The summed E-state index contributed by atoms with van der Waals surface area (Å²) in [5.41, 5.74) is 1.27. The van der Waals surface area contributed by atoms with E-state index in [1.54, 1.807) is 35.3 Å². The molecule has 0 radical (unpaired) electrons. The second-order valence-corrected chi connectivity index (χ2v) is 5.42. The number of hydrogen-bond donors (Lipinski definition) is 2. The van der Waals surface area contributed by atoms with E-state index in [0.29, 0.717) is 24.8 Å². The maximum atomic E-state index is 12.3. The van der Waals surface area contributed by atoms with Crippen molar-refractivity contribution in [2.75, 3.05) is 0 Å². The van der Waals surface area contributed by atoms with Gasteiger partial charge >= 0.3 is 5.97 Å². The summed E-state index contributed by atoms with van der Waals surface area (Å²) in [6.45, 7) is 0. The van der Waals surface area contributed by atoms with Crippen LogP contribution in [0.4, 0.5) is 0 Å². The fourth-order valence-corrected chi connectivity index (χ4v) is 2.74. The molecule has 2 aromatic rings. The van der Waals surface area contributed by atoms with Crippen molar-refractivity contribution in [1.82, 2.24) is 20.3 Å². The van der Waals surface area contributed by atoms with E-state index in [9.17, 15) is 9.59 Å². The zero-order valence-electron chi connectivity index (χ0n) is 11.8. The predicted octanol–water partition coefficient (Wildman–Crippen LogP) is 1.25. The van der Waals surface area contributed by atoms with Crippen molar-refractivity contribution in [3.63, 3.8) is 0 Å². The van der Waals surface area contributed by atoms with E-state index in [1.165, 1.54) is 0 Å². The number of nitrogens with zero attached hydrogens (tertiary/aromatic N) is 3. The highest BCUT2D eigenvalue weighted by molar-refractivity contribution is 5.95. The number of aromatic nitrogens is 3. The lowest BCUT2D eigenvalue weighted by Gasteiger charge is -2.13. The van der Waals surface area contributed by atoms with Gasteiger partial charge in [0.05, 0.1) is 24.0 Å². The van der Waals surface area contributed by atoms with E-state index in [1.807, 2.05) is 6.07 Å². The summed E-state index contributed by atoms with van der Waals surface area (Å²) in [5.74, 6) is -1.34. The van der Waals surface area contributed by atoms with Crippen LogP contribution >= 0.6 is 0 Å². The maximum Gasteiger partial charge on any atom is 0.306 e. The van der Waals surface area contributed by atoms with E-state index >= 15 is 0 Å². The number of carbonyl (C=O) groups excluding carboxylic acids is 1. The van der Waals surface area contributed by atoms with E-state index in [0.717, 1.165) is 5.69 Å². The molecule has 0 saturated heterocycles. The third kappa shape index (κ3) is 2.98. The Bertz CT molecular complexity index is 684. The quantitative estimate of drug-likeness (QED) is 0.885. The molecule has 0 aliphatic heterocycles. The van der Waals surface area contributed by atoms with Crippen molar-refractivity contribution >= 4 is 11.9 Å². The number of nitrogens with one attached hydrogen (secondary N) is 1. The molecule has 0 bridgehead atoms. The van der Waals surface area contributed by atoms with Crippen LogP contribution < -0.4 is 5.32 Å². The molecule has 7 nitrogen and oxygen atoms in total. The number of benzene rings is 1. The molecule has 1 amide bonds. The molecule has 3 rings (SSSR count). The predicted molar refractivity (Wildman–Crippen MR) is 77.6 cm³/mol. The van der Waals surface area contributed by atoms with Crippen molar-refractivity contribution in [2.24, 2.45) is 5.92 Å². The van der Waals surface area contributed by atoms with Crippen LogP contribution in [-0.2, 0) is 4.79 Å². The van der Waals surface area contributed by atoms with E-state index in [4.69, 9.17) is 5.11 Å². The van der Waals surface area contributed by atoms with Gasteiger partial charge in [-0.3, -0.25) is 9.59 Å². The summed E-state index contributed by atoms with van der Waals surface area (Å²) in [4.78, 5) is 23.2. The minimum Gasteiger partial charge on any atom is -0.481 e. The average molecular weight is 300 g/mol. The van der Waals surface area contributed by atoms with Crippen molar-refractivity contribution in [3.05, 3.63) is 42.2 Å². The first-order valence-electron chi connectivity index (χ1n) is 7.14. The van der Waals surface area contributed by atoms with Crippen LogP contribution in [0.1, 0.15) is 29.6 Å². The molecule has 1 heterocycles. The molecule has 1 saturated carbocycles. The van der Waals surface area contributed by atoms with Crippen LogP contribution in [0.25, 0.3) is 5.69 Å². The zero-order valence-corrected chi connectivity index (χ0v) is 11.8. The minimum absolute atomic E-state index is 0.0800. The highest BCUT2D eigenvalue weighted by atomic mass is 16.4. The summed E-state index contributed by atoms with van der Waals surface area (Å²) in [7, 11) is 0. The van der Waals surface area contributed by atoms with Gasteiger partial charge in [-0.25, -0.2) is 4.68 Å². The standard InChI is InChI=1S/C15H16N4O3/c20-14(17-12-5-4-11(8-12)15(21)22)10-2-1-3-13(9-10)19-7-6-16-18-19/h1-3,6-7,9,11-12H,4-5,8H2,(H,17,20)(H,21,22)/t11-,12+/m0/s1. The molecular formula is C15H16N4O3. The molecule has 1 fully saturated rings. The first-order valence-corrected chi connectivity index (χ1v) is 7.14. The molecule has 0 unspecified atom stereocenters. The summed E-state index contributed by atoms with van der Waals surface area (Å²) in [6, 6.07) is 6.98. The lowest BCUT2D eigenvalue weighted by Crippen LogP contribution is -2.33. The van der Waals surface area contributed by atoms with Gasteiger partial charge in [0, 0.05) is 11.6 Å². The second-order valence-electron chi connectivity index (χ2n) is 5.42. The van der Waals surface area contributed by atoms with E-state index < -0.39 is 5.97 Å². The third-order valence-corrected chi connectivity index (χ3v) is 3.91. The Labute approximate surface area is 126 Å². The monoisotopic (exact) mass is 300 g/mol. The number of rotatable bonds is 4. The Morgan fingerprint density at radius 1 is 1.32 bits per heavy atom. The normalized spacial score (nSPS) is 20.7. The van der Waals surface area contributed by atoms with Gasteiger partial charge in [0.25, 0.3) is 5.91 Å². The van der Waals surface area contributed by atoms with Crippen LogP contribution in [0.2, 0.25) is 0 Å². The Kier molecular flexibility index (Phi) is 3.86. The number of hydrogen-bond acceptors (Lipinski definition) is 4. The molecule has 1 aliphatic carbocycles. The largest absolute Gasteiger partial charge is 0.481 e. The number of carboxylic acid groups (broad SMARTS) is 1. The van der Waals surface area contributed by atoms with Gasteiger partial charge in [-0.1, -0.05) is 11.3 Å². The van der Waals surface area contributed by atoms with E-state index in [2.05, 4.69) is 15.6 Å². The Morgan fingerprint density at radius 3 is 2.86 bits per heavy atom. The smallest absolute Gasteiger partial charge is 0.306 e. The molecule has 114 valence electrons. The molecule has 7 heteroatoms. The first-order chi connectivity index (χ1) is 10.6. The first kappa shape index (κ1) is 14.2. The van der Waals surface area contributed by atoms with Crippen LogP contribution in [-0.4, -0.2) is 38.0 Å². The average Bonchev–Trinajstić information content (AvgIpc) is 3.19. The molecule has 1 aromatic heterocycles. The molecule has 2 N–H and O–H groups in total. The molecule has 0 spiro atoms. The molecule has 1 aromatic carbocycles. The molecule has 1 aliphatic rings. The summed E-state index contributed by atoms with van der Waals surface area (Å²) >= 11 is 0. The minimum atomic E-state index is -0.787. The Morgan fingerprint density at radius 2 is 2.18 bits per heavy atom. The van der Waals surface area contributed by atoms with E-state index in [-0.39, 0.29) is 17.9 Å². The maximum absolute atomic E-state index is 12.3.